The minimum Gasteiger partial charge on any atom is -0.493 e. The average Bonchev–Trinajstić information content (AvgIpc) is 3.20. The monoisotopic (exact) mass is 353 g/mol. The molecule has 0 bridgehead atoms. The molecule has 6 heteroatoms. The number of carbonyl (C=O) groups excluding carboxylic acids is 1. The number of nitrogens with zero attached hydrogens (tertiary/aromatic N) is 2. The molecule has 1 aliphatic heterocycles. The van der Waals surface area contributed by atoms with Crippen molar-refractivity contribution in [2.75, 3.05) is 12.4 Å². The van der Waals surface area contributed by atoms with Gasteiger partial charge in [0.2, 0.25) is 5.91 Å². The number of fused-ring (bicyclic) bond motifs is 1. The van der Waals surface area contributed by atoms with Crippen molar-refractivity contribution in [1.29, 1.82) is 0 Å². The van der Waals surface area contributed by atoms with E-state index in [1.807, 2.05) is 60.4 Å². The van der Waals surface area contributed by atoms with Crippen LogP contribution in [0.15, 0.2) is 48.5 Å². The van der Waals surface area contributed by atoms with Crippen LogP contribution in [0.5, 0.6) is 5.75 Å². The van der Waals surface area contributed by atoms with E-state index < -0.39 is 0 Å². The minimum absolute atomic E-state index is 0.0523. The summed E-state index contributed by atoms with van der Waals surface area (Å²) in [6, 6.07) is 15.8. The lowest BCUT2D eigenvalue weighted by Gasteiger charge is -2.25. The molecule has 25 heavy (non-hydrogen) atoms. The van der Waals surface area contributed by atoms with Gasteiger partial charge < -0.3 is 14.6 Å². The number of imidazole rings is 1. The zero-order valence-electron chi connectivity index (χ0n) is 13.9. The van der Waals surface area contributed by atoms with E-state index in [2.05, 4.69) is 9.97 Å². The molecule has 1 aliphatic rings. The third-order valence-corrected chi connectivity index (χ3v) is 5.45. The maximum atomic E-state index is 12.5. The Morgan fingerprint density at radius 1 is 1.24 bits per heavy atom. The molecule has 1 unspecified atom stereocenters. The Hall–Kier alpha value is -2.47. The molecule has 1 saturated heterocycles. The number of para-hydroxylation sites is 3. The highest BCUT2D eigenvalue weighted by atomic mass is 32.2. The summed E-state index contributed by atoms with van der Waals surface area (Å²) >= 11 is 1.63. The van der Waals surface area contributed by atoms with Crippen molar-refractivity contribution in [3.8, 4) is 5.75 Å². The van der Waals surface area contributed by atoms with Gasteiger partial charge in [-0.3, -0.25) is 4.79 Å². The maximum absolute atomic E-state index is 12.5. The fraction of sp³-hybridized carbons (Fsp3) is 0.263. The number of amides is 1. The molecule has 1 fully saturated rings. The Morgan fingerprint density at radius 2 is 2.04 bits per heavy atom. The maximum Gasteiger partial charge on any atom is 0.234 e. The predicted octanol–water partition coefficient (Wildman–Crippen LogP) is 3.74. The Labute approximate surface area is 150 Å². The van der Waals surface area contributed by atoms with Gasteiger partial charge in [-0.05, 0) is 25.1 Å². The van der Waals surface area contributed by atoms with Crippen molar-refractivity contribution >= 4 is 28.7 Å². The van der Waals surface area contributed by atoms with Crippen LogP contribution in [0.3, 0.4) is 0 Å². The summed E-state index contributed by atoms with van der Waals surface area (Å²) < 4.78 is 5.76. The van der Waals surface area contributed by atoms with E-state index in [1.54, 1.807) is 11.8 Å². The second-order valence-electron chi connectivity index (χ2n) is 5.86. The fourth-order valence-electron chi connectivity index (χ4n) is 3.10. The molecule has 0 saturated carbocycles. The Bertz CT molecular complexity index is 875. The van der Waals surface area contributed by atoms with Gasteiger partial charge in [-0.2, -0.15) is 0 Å². The average molecular weight is 353 g/mol. The first-order valence-corrected chi connectivity index (χ1v) is 9.37. The fourth-order valence-corrected chi connectivity index (χ4v) is 4.31. The zero-order valence-corrected chi connectivity index (χ0v) is 14.8. The molecule has 1 aromatic heterocycles. The molecule has 2 heterocycles. The third kappa shape index (κ3) is 3.09. The van der Waals surface area contributed by atoms with E-state index in [-0.39, 0.29) is 11.3 Å². The number of carbonyl (C=O) groups is 1. The largest absolute Gasteiger partial charge is 0.493 e. The number of hydrogen-bond acceptors (Lipinski definition) is 4. The summed E-state index contributed by atoms with van der Waals surface area (Å²) in [6.07, 6.45) is 0. The molecule has 0 aliphatic carbocycles. The van der Waals surface area contributed by atoms with Crippen LogP contribution in [0.25, 0.3) is 11.0 Å². The van der Waals surface area contributed by atoms with Gasteiger partial charge in [0, 0.05) is 5.56 Å². The first-order chi connectivity index (χ1) is 12.3. The normalized spacial score (nSPS) is 17.4. The van der Waals surface area contributed by atoms with Gasteiger partial charge >= 0.3 is 0 Å². The van der Waals surface area contributed by atoms with Crippen molar-refractivity contribution in [1.82, 2.24) is 14.9 Å². The van der Waals surface area contributed by atoms with Crippen LogP contribution in [0.2, 0.25) is 0 Å². The summed E-state index contributed by atoms with van der Waals surface area (Å²) in [5, 5.41) is -0.0523. The predicted molar refractivity (Wildman–Crippen MR) is 99.5 cm³/mol. The Balaban J connectivity index is 1.64. The molecule has 3 aromatic rings. The van der Waals surface area contributed by atoms with Crippen molar-refractivity contribution in [2.45, 2.75) is 18.8 Å². The van der Waals surface area contributed by atoms with Crippen LogP contribution in [-0.4, -0.2) is 33.1 Å². The van der Waals surface area contributed by atoms with Gasteiger partial charge in [-0.15, -0.1) is 11.8 Å². The van der Waals surface area contributed by atoms with Crippen molar-refractivity contribution in [2.24, 2.45) is 0 Å². The summed E-state index contributed by atoms with van der Waals surface area (Å²) in [5.74, 6) is 2.25. The number of H-pyrrole nitrogens is 1. The van der Waals surface area contributed by atoms with Crippen LogP contribution >= 0.6 is 11.8 Å². The Morgan fingerprint density at radius 3 is 2.88 bits per heavy atom. The van der Waals surface area contributed by atoms with Crippen LogP contribution in [-0.2, 0) is 11.3 Å². The number of rotatable bonds is 5. The molecule has 128 valence electrons. The molecule has 0 spiro atoms. The van der Waals surface area contributed by atoms with Crippen LogP contribution < -0.4 is 4.74 Å². The molecular weight excluding hydrogens is 334 g/mol. The number of hydrogen-bond donors (Lipinski definition) is 1. The number of benzene rings is 2. The highest BCUT2D eigenvalue weighted by Crippen LogP contribution is 2.43. The van der Waals surface area contributed by atoms with Crippen molar-refractivity contribution < 1.29 is 9.53 Å². The zero-order chi connectivity index (χ0) is 17.2. The van der Waals surface area contributed by atoms with Gasteiger partial charge in [-0.25, -0.2) is 4.98 Å². The van der Waals surface area contributed by atoms with Gasteiger partial charge in [0.05, 0.1) is 29.9 Å². The second kappa shape index (κ2) is 6.80. The molecule has 0 radical (unpaired) electrons. The lowest BCUT2D eigenvalue weighted by atomic mass is 10.2. The number of aromatic nitrogens is 2. The van der Waals surface area contributed by atoms with E-state index >= 15 is 0 Å². The van der Waals surface area contributed by atoms with E-state index in [4.69, 9.17) is 4.74 Å². The van der Waals surface area contributed by atoms with E-state index in [0.717, 1.165) is 28.2 Å². The van der Waals surface area contributed by atoms with E-state index in [0.29, 0.717) is 18.9 Å². The SMILES string of the molecule is CCOc1ccccc1C1SCC(=O)N1Cc1nc2ccccc2[nH]1. The quantitative estimate of drug-likeness (QED) is 0.759. The molecule has 1 atom stereocenters. The topological polar surface area (TPSA) is 58.2 Å². The lowest BCUT2D eigenvalue weighted by molar-refractivity contribution is -0.128. The summed E-state index contributed by atoms with van der Waals surface area (Å²) in [6.45, 7) is 3.04. The second-order valence-corrected chi connectivity index (χ2v) is 6.93. The van der Waals surface area contributed by atoms with Gasteiger partial charge in [0.1, 0.15) is 16.9 Å². The first-order valence-electron chi connectivity index (χ1n) is 8.32. The molecule has 1 N–H and O–H groups in total. The van der Waals surface area contributed by atoms with Crippen molar-refractivity contribution in [3.63, 3.8) is 0 Å². The van der Waals surface area contributed by atoms with Crippen LogP contribution in [0, 0.1) is 0 Å². The van der Waals surface area contributed by atoms with Crippen LogP contribution in [0.4, 0.5) is 0 Å². The smallest absolute Gasteiger partial charge is 0.234 e. The Kier molecular flexibility index (Phi) is 4.36. The third-order valence-electron chi connectivity index (χ3n) is 4.21. The van der Waals surface area contributed by atoms with Gasteiger partial charge in [0.15, 0.2) is 0 Å². The summed E-state index contributed by atoms with van der Waals surface area (Å²) in [5.41, 5.74) is 2.95. The minimum atomic E-state index is -0.0523. The summed E-state index contributed by atoms with van der Waals surface area (Å²) in [7, 11) is 0. The van der Waals surface area contributed by atoms with Crippen molar-refractivity contribution in [3.05, 3.63) is 59.9 Å². The standard InChI is InChI=1S/C19H19N3O2S/c1-2-24-16-10-6-3-7-13(16)19-22(18(23)12-25-19)11-17-20-14-8-4-5-9-15(14)21-17/h3-10,19H,2,11-12H2,1H3,(H,20,21). The van der Waals surface area contributed by atoms with E-state index in [1.165, 1.54) is 0 Å². The molecule has 2 aromatic carbocycles. The lowest BCUT2D eigenvalue weighted by Crippen LogP contribution is -2.28. The highest BCUT2D eigenvalue weighted by molar-refractivity contribution is 8.00. The molecular formula is C19H19N3O2S. The summed E-state index contributed by atoms with van der Waals surface area (Å²) in [4.78, 5) is 22.3. The number of thioether (sulfide) groups is 1. The van der Waals surface area contributed by atoms with E-state index in [9.17, 15) is 4.79 Å². The van der Waals surface area contributed by atoms with Gasteiger partial charge in [-0.1, -0.05) is 30.3 Å². The first kappa shape index (κ1) is 16.0. The molecule has 1 amide bonds. The number of nitrogens with one attached hydrogen (secondary N) is 1. The highest BCUT2D eigenvalue weighted by Gasteiger charge is 2.35. The molecule has 5 nitrogen and oxygen atoms in total. The van der Waals surface area contributed by atoms with Gasteiger partial charge in [0.25, 0.3) is 0 Å². The van der Waals surface area contributed by atoms with Crippen LogP contribution in [0.1, 0.15) is 23.7 Å². The number of ether oxygens (including phenoxy) is 1. The molecule has 4 rings (SSSR count). The number of aromatic amines is 1.